The molecule has 0 spiro atoms. The van der Waals surface area contributed by atoms with Crippen LogP contribution in [0.2, 0.25) is 0 Å². The lowest BCUT2D eigenvalue weighted by molar-refractivity contribution is 0.629. The Morgan fingerprint density at radius 3 is 2.86 bits per heavy atom. The summed E-state index contributed by atoms with van der Waals surface area (Å²) < 4.78 is 13.0. The molecule has 0 bridgehead atoms. The van der Waals surface area contributed by atoms with E-state index in [1.165, 1.54) is 12.1 Å². The van der Waals surface area contributed by atoms with E-state index in [0.717, 1.165) is 11.1 Å². The first kappa shape index (κ1) is 8.87. The fourth-order valence-electron chi connectivity index (χ4n) is 1.45. The molecule has 0 atom stereocenters. The average Bonchev–Trinajstić information content (AvgIpc) is 2.17. The van der Waals surface area contributed by atoms with Crippen LogP contribution in [-0.2, 0) is 6.42 Å². The number of nitrogens with zero attached hydrogens (tertiary/aromatic N) is 2. The molecule has 3 nitrogen and oxygen atoms in total. The van der Waals surface area contributed by atoms with Gasteiger partial charge in [-0.1, -0.05) is 6.92 Å². The van der Waals surface area contributed by atoms with Crippen molar-refractivity contribution < 1.29 is 4.39 Å². The van der Waals surface area contributed by atoms with Gasteiger partial charge in [0, 0.05) is 5.39 Å². The van der Waals surface area contributed by atoms with Gasteiger partial charge in [0.1, 0.15) is 5.82 Å². The Bertz CT molecular complexity index is 482. The molecule has 0 aliphatic heterocycles. The largest absolute Gasteiger partial charge is 0.368 e. The monoisotopic (exact) mass is 191 g/mol. The van der Waals surface area contributed by atoms with Crippen LogP contribution < -0.4 is 5.73 Å². The van der Waals surface area contributed by atoms with Gasteiger partial charge in [-0.3, -0.25) is 0 Å². The van der Waals surface area contributed by atoms with Crippen molar-refractivity contribution in [1.82, 2.24) is 9.97 Å². The number of fused-ring (bicyclic) bond motifs is 1. The van der Waals surface area contributed by atoms with Gasteiger partial charge in [-0.25, -0.2) is 14.4 Å². The SMILES string of the molecule is CCc1nc(N)nc2ccc(F)cc12. The molecule has 2 rings (SSSR count). The Morgan fingerprint density at radius 2 is 2.14 bits per heavy atom. The molecule has 2 N–H and O–H groups in total. The molecule has 1 aromatic heterocycles. The molecule has 0 unspecified atom stereocenters. The first-order valence-corrected chi connectivity index (χ1v) is 4.42. The van der Waals surface area contributed by atoms with Crippen LogP contribution in [0.1, 0.15) is 12.6 Å². The zero-order valence-corrected chi connectivity index (χ0v) is 7.79. The highest BCUT2D eigenvalue weighted by atomic mass is 19.1. The van der Waals surface area contributed by atoms with Crippen LogP contribution in [0.4, 0.5) is 10.3 Å². The number of hydrogen-bond donors (Lipinski definition) is 1. The highest BCUT2D eigenvalue weighted by molar-refractivity contribution is 5.81. The third kappa shape index (κ3) is 1.39. The van der Waals surface area contributed by atoms with Gasteiger partial charge in [-0.2, -0.15) is 0 Å². The Balaban J connectivity index is 2.81. The predicted molar refractivity (Wildman–Crippen MR) is 53.3 cm³/mol. The smallest absolute Gasteiger partial charge is 0.220 e. The van der Waals surface area contributed by atoms with Crippen molar-refractivity contribution in [2.24, 2.45) is 0 Å². The number of nitrogen functional groups attached to an aromatic ring is 1. The van der Waals surface area contributed by atoms with Crippen LogP contribution in [-0.4, -0.2) is 9.97 Å². The number of rotatable bonds is 1. The van der Waals surface area contributed by atoms with Crippen molar-refractivity contribution >= 4 is 16.9 Å². The maximum Gasteiger partial charge on any atom is 0.220 e. The number of halogens is 1. The van der Waals surface area contributed by atoms with E-state index >= 15 is 0 Å². The van der Waals surface area contributed by atoms with Crippen LogP contribution in [0.15, 0.2) is 18.2 Å². The molecule has 0 aliphatic rings. The van der Waals surface area contributed by atoms with E-state index in [4.69, 9.17) is 5.73 Å². The fourth-order valence-corrected chi connectivity index (χ4v) is 1.45. The summed E-state index contributed by atoms with van der Waals surface area (Å²) >= 11 is 0. The third-order valence-electron chi connectivity index (χ3n) is 2.09. The molecule has 2 aromatic rings. The lowest BCUT2D eigenvalue weighted by Crippen LogP contribution is -2.00. The molecule has 0 amide bonds. The van der Waals surface area contributed by atoms with Gasteiger partial charge >= 0.3 is 0 Å². The summed E-state index contributed by atoms with van der Waals surface area (Å²) in [6.07, 6.45) is 0.715. The van der Waals surface area contributed by atoms with Gasteiger partial charge in [-0.05, 0) is 24.6 Å². The van der Waals surface area contributed by atoms with Crippen LogP contribution >= 0.6 is 0 Å². The number of benzene rings is 1. The maximum atomic E-state index is 13.0. The molecule has 4 heteroatoms. The average molecular weight is 191 g/mol. The van der Waals surface area contributed by atoms with E-state index < -0.39 is 0 Å². The van der Waals surface area contributed by atoms with Crippen LogP contribution in [0.25, 0.3) is 10.9 Å². The minimum absolute atomic E-state index is 0.237. The molecule has 0 saturated heterocycles. The summed E-state index contributed by atoms with van der Waals surface area (Å²) in [5.41, 5.74) is 7.00. The fraction of sp³-hybridized carbons (Fsp3) is 0.200. The number of aryl methyl sites for hydroxylation is 1. The summed E-state index contributed by atoms with van der Waals surface area (Å²) in [6, 6.07) is 4.42. The van der Waals surface area contributed by atoms with Crippen LogP contribution in [0.3, 0.4) is 0 Å². The Kier molecular flexibility index (Phi) is 2.04. The normalized spacial score (nSPS) is 10.7. The maximum absolute atomic E-state index is 13.0. The Hall–Kier alpha value is -1.71. The van der Waals surface area contributed by atoms with Crippen LogP contribution in [0.5, 0.6) is 0 Å². The third-order valence-corrected chi connectivity index (χ3v) is 2.09. The summed E-state index contributed by atoms with van der Waals surface area (Å²) in [5.74, 6) is -0.0403. The number of anilines is 1. The molecule has 0 radical (unpaired) electrons. The quantitative estimate of drug-likeness (QED) is 0.749. The minimum Gasteiger partial charge on any atom is -0.368 e. The van der Waals surface area contributed by atoms with Crippen molar-refractivity contribution in [3.8, 4) is 0 Å². The molecule has 14 heavy (non-hydrogen) atoms. The first-order valence-electron chi connectivity index (χ1n) is 4.42. The van der Waals surface area contributed by atoms with Gasteiger partial charge in [0.15, 0.2) is 0 Å². The van der Waals surface area contributed by atoms with E-state index in [1.54, 1.807) is 6.07 Å². The molecule has 1 heterocycles. The first-order chi connectivity index (χ1) is 6.70. The lowest BCUT2D eigenvalue weighted by Gasteiger charge is -2.03. The molecule has 1 aromatic carbocycles. The summed E-state index contributed by atoms with van der Waals surface area (Å²) in [6.45, 7) is 1.95. The van der Waals surface area contributed by atoms with E-state index in [-0.39, 0.29) is 11.8 Å². The zero-order chi connectivity index (χ0) is 10.1. The summed E-state index contributed by atoms with van der Waals surface area (Å²) in [5, 5.41) is 0.738. The second-order valence-corrected chi connectivity index (χ2v) is 3.04. The number of nitrogens with two attached hydrogens (primary N) is 1. The highest BCUT2D eigenvalue weighted by Gasteiger charge is 2.05. The van der Waals surface area contributed by atoms with Gasteiger partial charge in [0.25, 0.3) is 0 Å². The molecule has 0 fully saturated rings. The highest BCUT2D eigenvalue weighted by Crippen LogP contribution is 2.18. The lowest BCUT2D eigenvalue weighted by atomic mass is 10.1. The topological polar surface area (TPSA) is 51.8 Å². The zero-order valence-electron chi connectivity index (χ0n) is 7.79. The van der Waals surface area contributed by atoms with Gasteiger partial charge in [0.2, 0.25) is 5.95 Å². The molecule has 72 valence electrons. The van der Waals surface area contributed by atoms with E-state index in [9.17, 15) is 4.39 Å². The molecular formula is C10H10FN3. The van der Waals surface area contributed by atoms with Crippen molar-refractivity contribution in [1.29, 1.82) is 0 Å². The summed E-state index contributed by atoms with van der Waals surface area (Å²) in [4.78, 5) is 8.09. The second-order valence-electron chi connectivity index (χ2n) is 3.04. The molecular weight excluding hydrogens is 181 g/mol. The Morgan fingerprint density at radius 1 is 1.36 bits per heavy atom. The van der Waals surface area contributed by atoms with E-state index in [1.807, 2.05) is 6.92 Å². The van der Waals surface area contributed by atoms with Crippen molar-refractivity contribution in [3.63, 3.8) is 0 Å². The standard InChI is InChI=1S/C10H10FN3/c1-2-8-7-5-6(11)3-4-9(7)14-10(12)13-8/h3-5H,2H2,1H3,(H2,12,13,14). The number of hydrogen-bond acceptors (Lipinski definition) is 3. The van der Waals surface area contributed by atoms with Crippen molar-refractivity contribution in [2.75, 3.05) is 5.73 Å². The molecule has 0 aliphatic carbocycles. The van der Waals surface area contributed by atoms with E-state index in [0.29, 0.717) is 11.9 Å². The summed E-state index contributed by atoms with van der Waals surface area (Å²) in [7, 11) is 0. The second kappa shape index (κ2) is 3.21. The van der Waals surface area contributed by atoms with Gasteiger partial charge in [-0.15, -0.1) is 0 Å². The van der Waals surface area contributed by atoms with Gasteiger partial charge in [0.05, 0.1) is 11.2 Å². The molecule has 0 saturated carbocycles. The minimum atomic E-state index is -0.277. The van der Waals surface area contributed by atoms with Crippen molar-refractivity contribution in [3.05, 3.63) is 29.7 Å². The predicted octanol–water partition coefficient (Wildman–Crippen LogP) is 1.91. The van der Waals surface area contributed by atoms with Crippen LogP contribution in [0, 0.1) is 5.82 Å². The van der Waals surface area contributed by atoms with Gasteiger partial charge < -0.3 is 5.73 Å². The Labute approximate surface area is 80.8 Å². The van der Waals surface area contributed by atoms with Crippen molar-refractivity contribution in [2.45, 2.75) is 13.3 Å². The van der Waals surface area contributed by atoms with E-state index in [2.05, 4.69) is 9.97 Å². The number of aromatic nitrogens is 2.